The van der Waals surface area contributed by atoms with Crippen LogP contribution in [0.5, 0.6) is 0 Å². The monoisotopic (exact) mass is 381 g/mol. The zero-order valence-electron chi connectivity index (χ0n) is 14.4. The largest absolute Gasteiger partial charge is 0.264 e. The van der Waals surface area contributed by atoms with Crippen LogP contribution in [0.15, 0.2) is 88.7 Å². The molecule has 0 amide bonds. The molecule has 3 aromatic rings. The smallest absolute Gasteiger partial charge is 0.257 e. The molecule has 5 heteroatoms. The number of para-hydroxylation sites is 1. The Kier molecular flexibility index (Phi) is 4.51. The Bertz CT molecular complexity index is 1020. The van der Waals surface area contributed by atoms with Crippen LogP contribution >= 0.6 is 11.8 Å². The van der Waals surface area contributed by atoms with Gasteiger partial charge in [0.1, 0.15) is 0 Å². The lowest BCUT2D eigenvalue weighted by atomic mass is 10.1. The molecule has 1 heterocycles. The summed E-state index contributed by atoms with van der Waals surface area (Å²) in [6.07, 6.45) is 0. The van der Waals surface area contributed by atoms with Gasteiger partial charge >= 0.3 is 0 Å². The van der Waals surface area contributed by atoms with Gasteiger partial charge in [-0.3, -0.25) is 4.31 Å². The number of rotatable bonds is 3. The number of fused-ring (bicyclic) bond motifs is 1. The first kappa shape index (κ1) is 17.2. The van der Waals surface area contributed by atoms with Crippen molar-refractivity contribution < 1.29 is 8.42 Å². The van der Waals surface area contributed by atoms with Crippen molar-refractivity contribution in [3.05, 3.63) is 90.0 Å². The predicted molar refractivity (Wildman–Crippen MR) is 107 cm³/mol. The van der Waals surface area contributed by atoms with Gasteiger partial charge in [0.25, 0.3) is 10.0 Å². The first-order valence-corrected chi connectivity index (χ1v) is 10.9. The molecule has 4 rings (SSSR count). The summed E-state index contributed by atoms with van der Waals surface area (Å²) in [5.41, 5.74) is 2.79. The Morgan fingerprint density at radius 1 is 0.885 bits per heavy atom. The molecule has 0 aliphatic carbocycles. The van der Waals surface area contributed by atoms with Crippen LogP contribution in [-0.4, -0.2) is 14.2 Å². The Balaban J connectivity index is 1.89. The van der Waals surface area contributed by atoms with Crippen molar-refractivity contribution in [3.63, 3.8) is 0 Å². The molecule has 132 valence electrons. The lowest BCUT2D eigenvalue weighted by Crippen LogP contribution is -2.38. The molecule has 3 nitrogen and oxygen atoms in total. The first-order chi connectivity index (χ1) is 12.6. The van der Waals surface area contributed by atoms with Gasteiger partial charge in [-0.2, -0.15) is 0 Å². The fourth-order valence-corrected chi connectivity index (χ4v) is 6.17. The average Bonchev–Trinajstić information content (AvgIpc) is 2.68. The Morgan fingerprint density at radius 3 is 2.27 bits per heavy atom. The zero-order chi connectivity index (χ0) is 18.1. The van der Waals surface area contributed by atoms with Crippen molar-refractivity contribution in [2.75, 3.05) is 10.1 Å². The van der Waals surface area contributed by atoms with E-state index in [1.54, 1.807) is 28.2 Å². The number of hydrogen-bond donors (Lipinski definition) is 0. The van der Waals surface area contributed by atoms with Gasteiger partial charge in [0.15, 0.2) is 0 Å². The highest BCUT2D eigenvalue weighted by atomic mass is 32.2. The van der Waals surface area contributed by atoms with Crippen LogP contribution in [0.25, 0.3) is 0 Å². The van der Waals surface area contributed by atoms with Crippen LogP contribution in [0.3, 0.4) is 0 Å². The van der Waals surface area contributed by atoms with Gasteiger partial charge in [0, 0.05) is 10.6 Å². The maximum absolute atomic E-state index is 13.6. The van der Waals surface area contributed by atoms with E-state index in [1.807, 2.05) is 73.7 Å². The fourth-order valence-electron chi connectivity index (χ4n) is 3.19. The van der Waals surface area contributed by atoms with Crippen LogP contribution in [0, 0.1) is 6.92 Å². The maximum Gasteiger partial charge on any atom is 0.264 e. The number of aryl methyl sites for hydroxylation is 1. The topological polar surface area (TPSA) is 37.4 Å². The van der Waals surface area contributed by atoms with Gasteiger partial charge in [-0.25, -0.2) is 8.42 Å². The molecular formula is C21H19NO2S2. The van der Waals surface area contributed by atoms with Gasteiger partial charge in [0.2, 0.25) is 0 Å². The molecule has 1 aliphatic heterocycles. The molecule has 0 fully saturated rings. The molecule has 3 aromatic carbocycles. The van der Waals surface area contributed by atoms with E-state index in [4.69, 9.17) is 0 Å². The molecule has 0 bridgehead atoms. The van der Waals surface area contributed by atoms with Crippen molar-refractivity contribution in [2.24, 2.45) is 0 Å². The number of thioether (sulfide) groups is 1. The zero-order valence-corrected chi connectivity index (χ0v) is 16.0. The molecule has 1 unspecified atom stereocenters. The van der Waals surface area contributed by atoms with Crippen molar-refractivity contribution in [3.8, 4) is 0 Å². The molecule has 0 saturated heterocycles. The number of benzene rings is 3. The van der Waals surface area contributed by atoms with Crippen LogP contribution < -0.4 is 4.31 Å². The minimum Gasteiger partial charge on any atom is -0.257 e. The lowest BCUT2D eigenvalue weighted by Gasteiger charge is -2.37. The summed E-state index contributed by atoms with van der Waals surface area (Å²) in [5, 5.41) is 0. The molecular weight excluding hydrogens is 362 g/mol. The van der Waals surface area contributed by atoms with Crippen molar-refractivity contribution >= 4 is 27.5 Å². The Labute approximate surface area is 158 Å². The highest BCUT2D eigenvalue weighted by Crippen LogP contribution is 2.45. The molecule has 1 aliphatic rings. The van der Waals surface area contributed by atoms with Crippen LogP contribution in [0.2, 0.25) is 0 Å². The summed E-state index contributed by atoms with van der Waals surface area (Å²) in [6, 6.07) is 24.4. The minimum atomic E-state index is -3.67. The highest BCUT2D eigenvalue weighted by molar-refractivity contribution is 8.00. The first-order valence-electron chi connectivity index (χ1n) is 8.45. The minimum absolute atomic E-state index is 0.234. The molecule has 0 N–H and O–H groups in total. The second kappa shape index (κ2) is 6.82. The number of sulfonamides is 1. The highest BCUT2D eigenvalue weighted by Gasteiger charge is 2.37. The van der Waals surface area contributed by atoms with Crippen LogP contribution in [-0.2, 0) is 10.0 Å². The van der Waals surface area contributed by atoms with E-state index < -0.39 is 10.0 Å². The van der Waals surface area contributed by atoms with Gasteiger partial charge in [0.05, 0.1) is 16.6 Å². The van der Waals surface area contributed by atoms with Gasteiger partial charge in [-0.1, -0.05) is 60.2 Å². The Hall–Kier alpha value is -2.24. The number of anilines is 1. The molecule has 1 atom stereocenters. The van der Waals surface area contributed by atoms with Crippen molar-refractivity contribution in [1.82, 2.24) is 0 Å². The van der Waals surface area contributed by atoms with E-state index in [0.29, 0.717) is 10.6 Å². The molecule has 0 radical (unpaired) electrons. The standard InChI is InChI=1S/C21H19NO2S2/c1-16-11-13-18(14-12-16)26(23,24)22-19-9-5-6-10-21(19)25-15-20(22)17-7-3-2-4-8-17/h2-14,20H,15H2,1H3. The maximum atomic E-state index is 13.6. The Morgan fingerprint density at radius 2 is 1.54 bits per heavy atom. The van der Waals surface area contributed by atoms with Gasteiger partial charge in [-0.05, 0) is 36.8 Å². The summed E-state index contributed by atoms with van der Waals surface area (Å²) in [5.74, 6) is 0.687. The third kappa shape index (κ3) is 3.02. The van der Waals surface area contributed by atoms with E-state index >= 15 is 0 Å². The van der Waals surface area contributed by atoms with Gasteiger partial charge < -0.3 is 0 Å². The number of nitrogens with zero attached hydrogens (tertiary/aromatic N) is 1. The summed E-state index contributed by atoms with van der Waals surface area (Å²) in [7, 11) is -3.67. The van der Waals surface area contributed by atoms with E-state index in [1.165, 1.54) is 0 Å². The van der Waals surface area contributed by atoms with Gasteiger partial charge in [-0.15, -0.1) is 11.8 Å². The van der Waals surface area contributed by atoms with E-state index in [-0.39, 0.29) is 6.04 Å². The van der Waals surface area contributed by atoms with Crippen LogP contribution in [0.1, 0.15) is 17.2 Å². The molecule has 0 spiro atoms. The normalized spacial score (nSPS) is 17.0. The third-order valence-corrected chi connectivity index (χ3v) is 7.52. The molecule has 0 saturated carbocycles. The van der Waals surface area contributed by atoms with Crippen molar-refractivity contribution in [1.29, 1.82) is 0 Å². The SMILES string of the molecule is Cc1ccc(S(=O)(=O)N2c3ccccc3SCC2c2ccccc2)cc1. The van der Waals surface area contributed by atoms with Crippen molar-refractivity contribution in [2.45, 2.75) is 22.8 Å². The van der Waals surface area contributed by atoms with E-state index in [0.717, 1.165) is 21.7 Å². The van der Waals surface area contributed by atoms with E-state index in [9.17, 15) is 8.42 Å². The lowest BCUT2D eigenvalue weighted by molar-refractivity contribution is 0.582. The third-order valence-electron chi connectivity index (χ3n) is 4.54. The summed E-state index contributed by atoms with van der Waals surface area (Å²) in [6.45, 7) is 1.95. The number of hydrogen-bond acceptors (Lipinski definition) is 3. The van der Waals surface area contributed by atoms with Crippen LogP contribution in [0.4, 0.5) is 5.69 Å². The molecule has 26 heavy (non-hydrogen) atoms. The summed E-state index contributed by atoms with van der Waals surface area (Å²) < 4.78 is 28.7. The summed E-state index contributed by atoms with van der Waals surface area (Å²) in [4.78, 5) is 1.32. The second-order valence-electron chi connectivity index (χ2n) is 6.32. The quantitative estimate of drug-likeness (QED) is 0.638. The second-order valence-corrected chi connectivity index (χ2v) is 9.20. The fraction of sp³-hybridized carbons (Fsp3) is 0.143. The summed E-state index contributed by atoms with van der Waals surface area (Å²) >= 11 is 1.70. The van der Waals surface area contributed by atoms with E-state index in [2.05, 4.69) is 0 Å². The molecule has 0 aromatic heterocycles. The average molecular weight is 382 g/mol. The predicted octanol–water partition coefficient (Wildman–Crippen LogP) is 5.04.